The van der Waals surface area contributed by atoms with Gasteiger partial charge >= 0.3 is 0 Å². The quantitative estimate of drug-likeness (QED) is 0.718. The van der Waals surface area contributed by atoms with Gasteiger partial charge in [0.05, 0.1) is 5.57 Å². The predicted octanol–water partition coefficient (Wildman–Crippen LogP) is 1.69. The van der Waals surface area contributed by atoms with E-state index in [9.17, 15) is 9.59 Å². The van der Waals surface area contributed by atoms with Crippen molar-refractivity contribution < 1.29 is 14.3 Å². The fourth-order valence-corrected chi connectivity index (χ4v) is 2.77. The van der Waals surface area contributed by atoms with Crippen molar-refractivity contribution in [3.05, 3.63) is 41.0 Å². The van der Waals surface area contributed by atoms with Gasteiger partial charge in [0.1, 0.15) is 11.4 Å². The Morgan fingerprint density at radius 3 is 2.47 bits per heavy atom. The Bertz CT molecular complexity index is 628. The number of ketones is 2. The van der Waals surface area contributed by atoms with Gasteiger partial charge in [0.15, 0.2) is 0 Å². The number of nitrogens with two attached hydrogens (primary N) is 1. The topological polar surface area (TPSA) is 69.4 Å². The Hall–Kier alpha value is -1.94. The molecule has 1 unspecified atom stereocenters. The summed E-state index contributed by atoms with van der Waals surface area (Å²) in [7, 11) is 0. The number of Topliss-reactive ketones (excluding diaryl/α,β-unsaturated/α-hetero) is 2. The number of carbonyl (C=O) groups excluding carboxylic acids is 2. The van der Waals surface area contributed by atoms with E-state index < -0.39 is 23.2 Å². The maximum atomic E-state index is 12.2. The third kappa shape index (κ3) is 1.71. The average Bonchev–Trinajstić information content (AvgIpc) is 2.34. The molecule has 0 saturated heterocycles. The largest absolute Gasteiger partial charge is 0.487 e. The minimum absolute atomic E-state index is 0.322. The molecule has 1 aromatic rings. The number of rotatable bonds is 0. The van der Waals surface area contributed by atoms with E-state index in [-0.39, 0.29) is 0 Å². The molecule has 1 atom stereocenters. The molecule has 0 aromatic heterocycles. The SMILES string of the molecule is CC1(C)CC(N)C2=C(O1)c1ccccc1C(=O)C2=O. The molecule has 0 amide bonds. The van der Waals surface area contributed by atoms with Crippen molar-refractivity contribution in [2.45, 2.75) is 31.9 Å². The van der Waals surface area contributed by atoms with Crippen LogP contribution >= 0.6 is 0 Å². The zero-order chi connectivity index (χ0) is 13.8. The van der Waals surface area contributed by atoms with Gasteiger partial charge in [-0.25, -0.2) is 0 Å². The number of carbonyl (C=O) groups is 2. The lowest BCUT2D eigenvalue weighted by Crippen LogP contribution is -2.45. The summed E-state index contributed by atoms with van der Waals surface area (Å²) in [5.41, 5.74) is 7.02. The van der Waals surface area contributed by atoms with Crippen molar-refractivity contribution in [1.29, 1.82) is 0 Å². The number of ether oxygens (including phenoxy) is 1. The summed E-state index contributed by atoms with van der Waals surface area (Å²) in [5, 5.41) is 0. The van der Waals surface area contributed by atoms with Crippen molar-refractivity contribution in [3.63, 3.8) is 0 Å². The molecule has 1 aromatic carbocycles. The third-order valence-corrected chi connectivity index (χ3v) is 3.57. The van der Waals surface area contributed by atoms with E-state index in [2.05, 4.69) is 0 Å². The van der Waals surface area contributed by atoms with Gasteiger partial charge in [-0.05, 0) is 13.8 Å². The van der Waals surface area contributed by atoms with Gasteiger partial charge in [-0.2, -0.15) is 0 Å². The van der Waals surface area contributed by atoms with Crippen LogP contribution in [0, 0.1) is 0 Å². The molecule has 1 heterocycles. The van der Waals surface area contributed by atoms with Crippen LogP contribution in [-0.2, 0) is 9.53 Å². The van der Waals surface area contributed by atoms with Crippen LogP contribution in [0.5, 0.6) is 0 Å². The lowest BCUT2D eigenvalue weighted by atomic mass is 9.80. The fourth-order valence-electron chi connectivity index (χ4n) is 2.77. The number of hydrogen-bond acceptors (Lipinski definition) is 4. The highest BCUT2D eigenvalue weighted by Gasteiger charge is 2.43. The van der Waals surface area contributed by atoms with Gasteiger partial charge in [-0.1, -0.05) is 24.3 Å². The normalized spacial score (nSPS) is 24.7. The van der Waals surface area contributed by atoms with Gasteiger partial charge in [0.2, 0.25) is 11.6 Å². The maximum Gasteiger partial charge on any atom is 0.234 e. The number of hydrogen-bond donors (Lipinski definition) is 1. The van der Waals surface area contributed by atoms with Crippen molar-refractivity contribution in [2.24, 2.45) is 5.73 Å². The first-order valence-corrected chi connectivity index (χ1v) is 6.28. The molecule has 4 heteroatoms. The van der Waals surface area contributed by atoms with E-state index in [1.807, 2.05) is 19.9 Å². The van der Waals surface area contributed by atoms with E-state index in [0.717, 1.165) is 0 Å². The maximum absolute atomic E-state index is 12.2. The van der Waals surface area contributed by atoms with Crippen LogP contribution in [-0.4, -0.2) is 23.2 Å². The Labute approximate surface area is 111 Å². The van der Waals surface area contributed by atoms with Crippen molar-refractivity contribution in [3.8, 4) is 0 Å². The lowest BCUT2D eigenvalue weighted by molar-refractivity contribution is -0.112. The summed E-state index contributed by atoms with van der Waals surface area (Å²) in [6, 6.07) is 6.55. The fraction of sp³-hybridized carbons (Fsp3) is 0.333. The Morgan fingerprint density at radius 1 is 1.16 bits per heavy atom. The molecule has 0 fully saturated rings. The number of fused-ring (bicyclic) bond motifs is 2. The molecule has 0 bridgehead atoms. The molecule has 1 aliphatic carbocycles. The van der Waals surface area contributed by atoms with E-state index >= 15 is 0 Å². The van der Waals surface area contributed by atoms with Crippen LogP contribution in [0.25, 0.3) is 5.76 Å². The molecule has 4 nitrogen and oxygen atoms in total. The first kappa shape index (κ1) is 12.1. The van der Waals surface area contributed by atoms with Crippen molar-refractivity contribution >= 4 is 17.3 Å². The molecule has 2 N–H and O–H groups in total. The van der Waals surface area contributed by atoms with Crippen molar-refractivity contribution in [1.82, 2.24) is 0 Å². The molecule has 0 radical (unpaired) electrons. The molecule has 98 valence electrons. The van der Waals surface area contributed by atoms with Crippen LogP contribution in [0.2, 0.25) is 0 Å². The average molecular weight is 257 g/mol. The second-order valence-electron chi connectivity index (χ2n) is 5.62. The molecule has 0 spiro atoms. The lowest BCUT2D eigenvalue weighted by Gasteiger charge is -2.39. The smallest absolute Gasteiger partial charge is 0.234 e. The summed E-state index contributed by atoms with van der Waals surface area (Å²) < 4.78 is 5.92. The highest BCUT2D eigenvalue weighted by atomic mass is 16.5. The van der Waals surface area contributed by atoms with Crippen molar-refractivity contribution in [2.75, 3.05) is 0 Å². The zero-order valence-corrected chi connectivity index (χ0v) is 10.9. The minimum atomic E-state index is -0.531. The Morgan fingerprint density at radius 2 is 1.79 bits per heavy atom. The molecule has 3 rings (SSSR count). The summed E-state index contributed by atoms with van der Waals surface area (Å²) in [4.78, 5) is 24.3. The predicted molar refractivity (Wildman–Crippen MR) is 70.5 cm³/mol. The van der Waals surface area contributed by atoms with Crippen LogP contribution in [0.4, 0.5) is 0 Å². The van der Waals surface area contributed by atoms with Gasteiger partial charge in [0.25, 0.3) is 0 Å². The third-order valence-electron chi connectivity index (χ3n) is 3.57. The monoisotopic (exact) mass is 257 g/mol. The van der Waals surface area contributed by atoms with Crippen LogP contribution in [0.3, 0.4) is 0 Å². The standard InChI is InChI=1S/C15H15NO3/c1-15(2)7-10(16)11-13(18)12(17)8-5-3-4-6-9(8)14(11)19-15/h3-6,10H,7,16H2,1-2H3. The molecular weight excluding hydrogens is 242 g/mol. The summed E-state index contributed by atoms with van der Waals surface area (Å²) >= 11 is 0. The van der Waals surface area contributed by atoms with Crippen LogP contribution in [0.1, 0.15) is 36.2 Å². The van der Waals surface area contributed by atoms with Gasteiger partial charge < -0.3 is 10.5 Å². The van der Waals surface area contributed by atoms with Crippen LogP contribution in [0.15, 0.2) is 29.8 Å². The number of benzene rings is 1. The first-order chi connectivity index (χ1) is 8.91. The first-order valence-electron chi connectivity index (χ1n) is 6.28. The minimum Gasteiger partial charge on any atom is -0.487 e. The van der Waals surface area contributed by atoms with Crippen LogP contribution < -0.4 is 5.73 Å². The van der Waals surface area contributed by atoms with Gasteiger partial charge in [0, 0.05) is 23.6 Å². The van der Waals surface area contributed by atoms with E-state index in [1.165, 1.54) is 0 Å². The highest BCUT2D eigenvalue weighted by Crippen LogP contribution is 2.40. The van der Waals surface area contributed by atoms with E-state index in [4.69, 9.17) is 10.5 Å². The molecular formula is C15H15NO3. The summed E-state index contributed by atoms with van der Waals surface area (Å²) in [6.07, 6.45) is 0.521. The molecule has 2 aliphatic rings. The Balaban J connectivity index is 2.27. The molecule has 1 aliphatic heterocycles. The molecule has 0 saturated carbocycles. The highest BCUT2D eigenvalue weighted by molar-refractivity contribution is 6.52. The van der Waals surface area contributed by atoms with Gasteiger partial charge in [-0.15, -0.1) is 0 Å². The summed E-state index contributed by atoms with van der Waals surface area (Å²) in [5.74, 6) is -0.547. The Kier molecular flexibility index (Phi) is 2.41. The van der Waals surface area contributed by atoms with E-state index in [0.29, 0.717) is 28.9 Å². The second kappa shape index (κ2) is 3.78. The molecule has 19 heavy (non-hydrogen) atoms. The summed E-state index contributed by atoms with van der Waals surface area (Å²) in [6.45, 7) is 3.86. The van der Waals surface area contributed by atoms with E-state index in [1.54, 1.807) is 18.2 Å². The zero-order valence-electron chi connectivity index (χ0n) is 10.9. The van der Waals surface area contributed by atoms with Gasteiger partial charge in [-0.3, -0.25) is 9.59 Å². The second-order valence-corrected chi connectivity index (χ2v) is 5.62.